The first-order valence-electron chi connectivity index (χ1n) is 11.7. The number of fused-ring (bicyclic) bond motifs is 1. The monoisotopic (exact) mass is 547 g/mol. The van der Waals surface area contributed by atoms with Crippen LogP contribution in [0.25, 0.3) is 20.8 Å². The van der Waals surface area contributed by atoms with E-state index in [1.165, 1.54) is 22.1 Å². The van der Waals surface area contributed by atoms with Gasteiger partial charge in [-0.15, -0.1) is 11.3 Å². The first-order valence-corrected chi connectivity index (χ1v) is 12.5. The van der Waals surface area contributed by atoms with E-state index in [9.17, 15) is 28.2 Å². The highest BCUT2D eigenvalue weighted by Crippen LogP contribution is 2.38. The molecule has 3 aromatic heterocycles. The number of carbonyl (C=O) groups excluding carboxylic acids is 1. The zero-order valence-corrected chi connectivity index (χ0v) is 21.1. The number of carbonyl (C=O) groups is 1. The van der Waals surface area contributed by atoms with Crippen molar-refractivity contribution in [2.24, 2.45) is 13.0 Å². The number of hydrogen-bond donors (Lipinski definition) is 4. The predicted molar refractivity (Wildman–Crippen MR) is 135 cm³/mol. The summed E-state index contributed by atoms with van der Waals surface area (Å²) in [7, 11) is 1.65. The number of thiazole rings is 1. The quantitative estimate of drug-likeness (QED) is 0.257. The van der Waals surface area contributed by atoms with Crippen LogP contribution in [0.5, 0.6) is 0 Å². The Kier molecular flexibility index (Phi) is 6.79. The van der Waals surface area contributed by atoms with Gasteiger partial charge in [0.25, 0.3) is 0 Å². The Morgan fingerprint density at radius 2 is 1.95 bits per heavy atom. The maximum atomic E-state index is 13.0. The van der Waals surface area contributed by atoms with E-state index in [0.29, 0.717) is 16.3 Å². The second kappa shape index (κ2) is 9.93. The maximum absolute atomic E-state index is 13.0. The van der Waals surface area contributed by atoms with Gasteiger partial charge in [-0.3, -0.25) is 4.79 Å². The Labute approximate surface area is 218 Å². The van der Waals surface area contributed by atoms with Crippen LogP contribution in [0.15, 0.2) is 36.7 Å². The van der Waals surface area contributed by atoms with Crippen molar-refractivity contribution in [3.63, 3.8) is 0 Å². The first-order chi connectivity index (χ1) is 18.0. The number of aromatic nitrogens is 5. The summed E-state index contributed by atoms with van der Waals surface area (Å²) in [5.41, 5.74) is 1.54. The van der Waals surface area contributed by atoms with Crippen LogP contribution in [-0.2, 0) is 7.05 Å². The number of para-hydroxylation sites is 1. The zero-order valence-electron chi connectivity index (χ0n) is 20.3. The molecule has 1 aliphatic carbocycles. The van der Waals surface area contributed by atoms with Gasteiger partial charge >= 0.3 is 6.18 Å². The Morgan fingerprint density at radius 1 is 1.18 bits per heavy atom. The van der Waals surface area contributed by atoms with Crippen LogP contribution >= 0.6 is 11.3 Å². The van der Waals surface area contributed by atoms with Crippen LogP contribution in [0.2, 0.25) is 0 Å². The first kappa shape index (κ1) is 26.0. The Morgan fingerprint density at radius 3 is 2.63 bits per heavy atom. The standard InChI is InChI=1S/C24H24F3N7O3S/c1-11-16(22-32-13-5-3-4-6-15(13)38-22)20(33-23(30-11)29-10-24(25,26)27)31-14-9-12(17(35)19(14)37)18(36)21-28-7-8-34(21)2/h3-8,12,14,17,19,35,37H,9-10H2,1-2H3,(H2,29,30,31,33)/t12-,14+,17+,19-/m0/s1. The number of nitrogens with zero attached hydrogens (tertiary/aromatic N) is 5. The molecule has 1 aliphatic rings. The Hall–Kier alpha value is -3.62. The average Bonchev–Trinajstić information content (AvgIpc) is 3.55. The second-order valence-corrected chi connectivity index (χ2v) is 10.1. The van der Waals surface area contributed by atoms with Gasteiger partial charge in [0, 0.05) is 19.4 Å². The van der Waals surface area contributed by atoms with Crippen LogP contribution in [0.3, 0.4) is 0 Å². The number of Topliss-reactive ketones (excluding diaryl/α,β-unsaturated/α-hetero) is 1. The van der Waals surface area contributed by atoms with E-state index >= 15 is 0 Å². The van der Waals surface area contributed by atoms with Crippen LogP contribution in [-0.4, -0.2) is 71.5 Å². The molecule has 1 saturated carbocycles. The summed E-state index contributed by atoms with van der Waals surface area (Å²) in [6.45, 7) is 0.289. The minimum atomic E-state index is -4.49. The highest BCUT2D eigenvalue weighted by atomic mass is 32.1. The van der Waals surface area contributed by atoms with Gasteiger partial charge in [-0.2, -0.15) is 18.2 Å². The van der Waals surface area contributed by atoms with Crippen LogP contribution in [0.1, 0.15) is 22.7 Å². The molecule has 4 atom stereocenters. The van der Waals surface area contributed by atoms with Gasteiger partial charge < -0.3 is 25.4 Å². The Bertz CT molecular complexity index is 1460. The molecule has 14 heteroatoms. The summed E-state index contributed by atoms with van der Waals surface area (Å²) in [4.78, 5) is 30.2. The van der Waals surface area contributed by atoms with E-state index < -0.39 is 42.7 Å². The molecule has 38 heavy (non-hydrogen) atoms. The highest BCUT2D eigenvalue weighted by molar-refractivity contribution is 7.21. The number of aryl methyl sites for hydroxylation is 2. The molecule has 200 valence electrons. The number of aliphatic hydroxyl groups is 2. The molecule has 0 bridgehead atoms. The van der Waals surface area contributed by atoms with E-state index in [-0.39, 0.29) is 24.0 Å². The fraction of sp³-hybridized carbons (Fsp3) is 0.375. The third kappa shape index (κ3) is 5.06. The number of imidazole rings is 1. The van der Waals surface area contributed by atoms with Crippen LogP contribution < -0.4 is 10.6 Å². The molecule has 0 radical (unpaired) electrons. The van der Waals surface area contributed by atoms with Gasteiger partial charge in [0.1, 0.15) is 23.5 Å². The van der Waals surface area contributed by atoms with E-state index in [4.69, 9.17) is 0 Å². The number of anilines is 2. The SMILES string of the molecule is Cc1nc(NCC(F)(F)F)nc(N[C@@H]2C[C@H](C(=O)c3nccn3C)[C@@H](O)[C@H]2O)c1-c1nc2ccccc2s1. The molecule has 4 N–H and O–H groups in total. The number of hydrogen-bond acceptors (Lipinski definition) is 10. The lowest BCUT2D eigenvalue weighted by atomic mass is 9.99. The van der Waals surface area contributed by atoms with Crippen LogP contribution in [0.4, 0.5) is 24.9 Å². The molecule has 10 nitrogen and oxygen atoms in total. The molecule has 0 spiro atoms. The number of nitrogens with one attached hydrogen (secondary N) is 2. The van der Waals surface area contributed by atoms with Crippen molar-refractivity contribution >= 4 is 39.1 Å². The molecular formula is C24H24F3N7O3S. The van der Waals surface area contributed by atoms with E-state index in [1.807, 2.05) is 24.3 Å². The number of halogens is 3. The minimum Gasteiger partial charge on any atom is -0.390 e. The molecule has 0 unspecified atom stereocenters. The highest BCUT2D eigenvalue weighted by Gasteiger charge is 2.46. The summed E-state index contributed by atoms with van der Waals surface area (Å²) in [6, 6.07) is 6.60. The Balaban J connectivity index is 1.50. The molecule has 0 aliphatic heterocycles. The lowest BCUT2D eigenvalue weighted by molar-refractivity contribution is -0.115. The summed E-state index contributed by atoms with van der Waals surface area (Å²) in [6.07, 6.45) is -4.11. The average molecular weight is 548 g/mol. The van der Waals surface area contributed by atoms with Crippen molar-refractivity contribution in [3.05, 3.63) is 48.2 Å². The number of rotatable bonds is 7. The van der Waals surface area contributed by atoms with Crippen molar-refractivity contribution in [3.8, 4) is 10.6 Å². The van der Waals surface area contributed by atoms with Gasteiger partial charge in [0.2, 0.25) is 11.7 Å². The summed E-state index contributed by atoms with van der Waals surface area (Å²) >= 11 is 1.36. The third-order valence-corrected chi connectivity index (χ3v) is 7.48. The third-order valence-electron chi connectivity index (χ3n) is 6.43. The number of aliphatic hydroxyl groups excluding tert-OH is 2. The topological polar surface area (TPSA) is 138 Å². The maximum Gasteiger partial charge on any atom is 0.405 e. The molecule has 1 aromatic carbocycles. The molecule has 3 heterocycles. The normalized spacial score (nSPS) is 21.7. The summed E-state index contributed by atoms with van der Waals surface area (Å²) < 4.78 is 41.0. The smallest absolute Gasteiger partial charge is 0.390 e. The molecule has 0 saturated heterocycles. The lowest BCUT2D eigenvalue weighted by Crippen LogP contribution is -2.36. The summed E-state index contributed by atoms with van der Waals surface area (Å²) in [5, 5.41) is 27.3. The largest absolute Gasteiger partial charge is 0.405 e. The number of alkyl halides is 3. The van der Waals surface area contributed by atoms with Gasteiger partial charge in [0.05, 0.1) is 39.5 Å². The van der Waals surface area contributed by atoms with Gasteiger partial charge in [-0.05, 0) is 25.5 Å². The van der Waals surface area contributed by atoms with Crippen molar-refractivity contribution in [2.45, 2.75) is 37.8 Å². The number of ketones is 1. The predicted octanol–water partition coefficient (Wildman–Crippen LogP) is 3.17. The molecule has 5 rings (SSSR count). The van der Waals surface area contributed by atoms with Crippen molar-refractivity contribution in [2.75, 3.05) is 17.2 Å². The van der Waals surface area contributed by atoms with Gasteiger partial charge in [-0.25, -0.2) is 15.0 Å². The fourth-order valence-electron chi connectivity index (χ4n) is 4.55. The van der Waals surface area contributed by atoms with Crippen molar-refractivity contribution in [1.82, 2.24) is 24.5 Å². The molecule has 0 amide bonds. The summed E-state index contributed by atoms with van der Waals surface area (Å²) in [5.74, 6) is -1.36. The van der Waals surface area contributed by atoms with E-state index in [2.05, 4.69) is 30.6 Å². The zero-order chi connectivity index (χ0) is 27.2. The van der Waals surface area contributed by atoms with Crippen molar-refractivity contribution in [1.29, 1.82) is 0 Å². The van der Waals surface area contributed by atoms with Gasteiger partial charge in [0.15, 0.2) is 5.82 Å². The lowest BCUT2D eigenvalue weighted by Gasteiger charge is -2.21. The van der Waals surface area contributed by atoms with Gasteiger partial charge in [-0.1, -0.05) is 12.1 Å². The number of benzene rings is 1. The molecular weight excluding hydrogens is 523 g/mol. The minimum absolute atomic E-state index is 0.0433. The second-order valence-electron chi connectivity index (χ2n) is 9.11. The molecule has 1 fully saturated rings. The van der Waals surface area contributed by atoms with Crippen molar-refractivity contribution < 1.29 is 28.2 Å². The van der Waals surface area contributed by atoms with Crippen LogP contribution in [0, 0.1) is 12.8 Å². The van der Waals surface area contributed by atoms with E-state index in [1.54, 1.807) is 20.2 Å². The van der Waals surface area contributed by atoms with E-state index in [0.717, 1.165) is 10.2 Å². The fourth-order valence-corrected chi connectivity index (χ4v) is 5.61. The molecule has 4 aromatic rings.